The average Bonchev–Trinajstić information content (AvgIpc) is 2.52. The van der Waals surface area contributed by atoms with Gasteiger partial charge in [-0.05, 0) is 30.6 Å². The van der Waals surface area contributed by atoms with Gasteiger partial charge in [0, 0.05) is 25.0 Å². The number of hydrogen-bond donors (Lipinski definition) is 1. The van der Waals surface area contributed by atoms with E-state index in [1.54, 1.807) is 0 Å². The highest BCUT2D eigenvalue weighted by Gasteiger charge is 2.64. The maximum absolute atomic E-state index is 4.38. The molecule has 1 heterocycles. The summed E-state index contributed by atoms with van der Waals surface area (Å²) in [5.41, 5.74) is 0.874. The van der Waals surface area contributed by atoms with Crippen molar-refractivity contribution in [3.05, 3.63) is 12.4 Å². The first kappa shape index (κ1) is 12.5. The Hall–Kier alpha value is -0.990. The topological polar surface area (TPSA) is 29.9 Å². The summed E-state index contributed by atoms with van der Waals surface area (Å²) in [4.78, 5) is 4.38. The smallest absolute Gasteiger partial charge is 0.202 e. The van der Waals surface area contributed by atoms with Gasteiger partial charge in [0.15, 0.2) is 0 Å². The molecule has 0 amide bonds. The van der Waals surface area contributed by atoms with Crippen molar-refractivity contribution in [2.75, 3.05) is 5.32 Å². The fourth-order valence-electron chi connectivity index (χ4n) is 2.84. The van der Waals surface area contributed by atoms with Crippen LogP contribution in [-0.4, -0.2) is 15.6 Å². The highest BCUT2D eigenvalue weighted by atomic mass is 15.2. The molecule has 0 unspecified atom stereocenters. The number of imidazole rings is 1. The van der Waals surface area contributed by atoms with E-state index < -0.39 is 0 Å². The second-order valence-corrected chi connectivity index (χ2v) is 6.70. The average molecular weight is 235 g/mol. The third-order valence-corrected chi connectivity index (χ3v) is 4.83. The van der Waals surface area contributed by atoms with Crippen LogP contribution in [-0.2, 0) is 6.54 Å². The van der Waals surface area contributed by atoms with Gasteiger partial charge < -0.3 is 9.88 Å². The Labute approximate surface area is 105 Å². The summed E-state index contributed by atoms with van der Waals surface area (Å²) in [6.07, 6.45) is 3.96. The molecule has 96 valence electrons. The third kappa shape index (κ3) is 1.96. The lowest BCUT2D eigenvalue weighted by Gasteiger charge is -2.13. The van der Waals surface area contributed by atoms with Crippen molar-refractivity contribution in [3.8, 4) is 0 Å². The lowest BCUT2D eigenvalue weighted by atomic mass is 10.0. The first-order valence-electron chi connectivity index (χ1n) is 6.54. The molecule has 0 aromatic carbocycles. The van der Waals surface area contributed by atoms with E-state index >= 15 is 0 Å². The summed E-state index contributed by atoms with van der Waals surface area (Å²) >= 11 is 0. The molecule has 1 aliphatic rings. The van der Waals surface area contributed by atoms with Crippen LogP contribution in [0.2, 0.25) is 0 Å². The largest absolute Gasteiger partial charge is 0.353 e. The van der Waals surface area contributed by atoms with Crippen LogP contribution in [0.15, 0.2) is 12.4 Å². The molecule has 1 aromatic heterocycles. The zero-order valence-electron chi connectivity index (χ0n) is 11.9. The number of hydrogen-bond acceptors (Lipinski definition) is 2. The van der Waals surface area contributed by atoms with Gasteiger partial charge in [0.2, 0.25) is 5.95 Å². The van der Waals surface area contributed by atoms with E-state index in [9.17, 15) is 0 Å². The molecular formula is C14H25N3. The van der Waals surface area contributed by atoms with Crippen LogP contribution in [0.25, 0.3) is 0 Å². The van der Waals surface area contributed by atoms with E-state index in [0.717, 1.165) is 18.4 Å². The minimum Gasteiger partial charge on any atom is -0.353 e. The zero-order valence-corrected chi connectivity index (χ0v) is 11.9. The number of nitrogens with one attached hydrogen (secondary N) is 1. The van der Waals surface area contributed by atoms with Crippen LogP contribution in [0.4, 0.5) is 5.95 Å². The Bertz CT molecular complexity index is 387. The molecule has 1 aliphatic carbocycles. The summed E-state index contributed by atoms with van der Waals surface area (Å²) in [5.74, 6) is 1.73. The third-order valence-electron chi connectivity index (χ3n) is 4.83. The van der Waals surface area contributed by atoms with E-state index in [4.69, 9.17) is 0 Å². The molecule has 0 spiro atoms. The molecule has 0 bridgehead atoms. The van der Waals surface area contributed by atoms with Gasteiger partial charge in [-0.25, -0.2) is 4.98 Å². The van der Waals surface area contributed by atoms with Crippen molar-refractivity contribution >= 4 is 5.95 Å². The van der Waals surface area contributed by atoms with Gasteiger partial charge in [0.1, 0.15) is 0 Å². The van der Waals surface area contributed by atoms with Crippen molar-refractivity contribution in [2.24, 2.45) is 16.7 Å². The second-order valence-electron chi connectivity index (χ2n) is 6.70. The Kier molecular flexibility index (Phi) is 2.75. The van der Waals surface area contributed by atoms with Gasteiger partial charge >= 0.3 is 0 Å². The molecule has 3 nitrogen and oxygen atoms in total. The Morgan fingerprint density at radius 3 is 2.35 bits per heavy atom. The first-order valence-corrected chi connectivity index (χ1v) is 6.54. The van der Waals surface area contributed by atoms with Crippen molar-refractivity contribution in [1.29, 1.82) is 0 Å². The number of anilines is 1. The molecule has 0 aliphatic heterocycles. The van der Waals surface area contributed by atoms with Crippen LogP contribution >= 0.6 is 0 Å². The van der Waals surface area contributed by atoms with Crippen molar-refractivity contribution in [2.45, 2.75) is 54.1 Å². The van der Waals surface area contributed by atoms with Gasteiger partial charge in [-0.15, -0.1) is 0 Å². The summed E-state index contributed by atoms with van der Waals surface area (Å²) < 4.78 is 2.25. The van der Waals surface area contributed by atoms with Crippen LogP contribution in [0, 0.1) is 16.7 Å². The summed E-state index contributed by atoms with van der Waals surface area (Å²) in [6.45, 7) is 14.8. The maximum Gasteiger partial charge on any atom is 0.202 e. The first-order chi connectivity index (χ1) is 7.76. The highest BCUT2D eigenvalue weighted by Crippen LogP contribution is 2.68. The maximum atomic E-state index is 4.38. The SMILES string of the molecule is CC(C)Nc1nccn1CC1C(C)(C)C1(C)C. The number of aromatic nitrogens is 2. The zero-order chi connectivity index (χ0) is 12.8. The van der Waals surface area contributed by atoms with Crippen molar-refractivity contribution < 1.29 is 0 Å². The Morgan fingerprint density at radius 1 is 1.29 bits per heavy atom. The molecule has 0 radical (unpaired) electrons. The van der Waals surface area contributed by atoms with E-state index in [0.29, 0.717) is 16.9 Å². The fourth-order valence-corrected chi connectivity index (χ4v) is 2.84. The van der Waals surface area contributed by atoms with Gasteiger partial charge in [0.25, 0.3) is 0 Å². The van der Waals surface area contributed by atoms with Gasteiger partial charge in [-0.3, -0.25) is 0 Å². The predicted octanol–water partition coefficient (Wildman–Crippen LogP) is 3.39. The lowest BCUT2D eigenvalue weighted by Crippen LogP contribution is -2.15. The van der Waals surface area contributed by atoms with Crippen LogP contribution < -0.4 is 5.32 Å². The van der Waals surface area contributed by atoms with Gasteiger partial charge in [-0.1, -0.05) is 27.7 Å². The lowest BCUT2D eigenvalue weighted by molar-refractivity contribution is 0.457. The van der Waals surface area contributed by atoms with E-state index in [1.807, 2.05) is 6.20 Å². The highest BCUT2D eigenvalue weighted by molar-refractivity contribution is 5.28. The Morgan fingerprint density at radius 2 is 1.88 bits per heavy atom. The molecule has 1 N–H and O–H groups in total. The summed E-state index contributed by atoms with van der Waals surface area (Å²) in [6, 6.07) is 0.427. The number of rotatable bonds is 4. The van der Waals surface area contributed by atoms with Gasteiger partial charge in [0.05, 0.1) is 0 Å². The molecule has 0 saturated heterocycles. The molecule has 17 heavy (non-hydrogen) atoms. The normalized spacial score (nSPS) is 21.8. The number of nitrogens with zero attached hydrogens (tertiary/aromatic N) is 2. The molecule has 3 heteroatoms. The quantitative estimate of drug-likeness (QED) is 0.867. The molecular weight excluding hydrogens is 210 g/mol. The summed E-state index contributed by atoms with van der Waals surface area (Å²) in [5, 5.41) is 3.39. The molecule has 1 aromatic rings. The minimum atomic E-state index is 0.427. The van der Waals surface area contributed by atoms with E-state index in [1.165, 1.54) is 0 Å². The predicted molar refractivity (Wildman–Crippen MR) is 72.0 cm³/mol. The fraction of sp³-hybridized carbons (Fsp3) is 0.786. The standard InChI is InChI=1S/C14H25N3/c1-10(2)16-12-15-7-8-17(12)9-11-13(3,4)14(11,5)6/h7-8,10-11H,9H2,1-6H3,(H,15,16). The molecule has 2 rings (SSSR count). The van der Waals surface area contributed by atoms with Gasteiger partial charge in [-0.2, -0.15) is 0 Å². The second kappa shape index (κ2) is 3.76. The van der Waals surface area contributed by atoms with Crippen molar-refractivity contribution in [3.63, 3.8) is 0 Å². The molecule has 0 atom stereocenters. The monoisotopic (exact) mass is 235 g/mol. The van der Waals surface area contributed by atoms with E-state index in [-0.39, 0.29) is 0 Å². The van der Waals surface area contributed by atoms with Crippen LogP contribution in [0.1, 0.15) is 41.5 Å². The van der Waals surface area contributed by atoms with E-state index in [2.05, 4.69) is 62.6 Å². The summed E-state index contributed by atoms with van der Waals surface area (Å²) in [7, 11) is 0. The van der Waals surface area contributed by atoms with Crippen molar-refractivity contribution in [1.82, 2.24) is 9.55 Å². The van der Waals surface area contributed by atoms with Crippen LogP contribution in [0.3, 0.4) is 0 Å². The molecule has 1 saturated carbocycles. The minimum absolute atomic E-state index is 0.427. The molecule has 1 fully saturated rings. The Balaban J connectivity index is 2.08. The van der Waals surface area contributed by atoms with Crippen LogP contribution in [0.5, 0.6) is 0 Å².